The van der Waals surface area contributed by atoms with Gasteiger partial charge in [0.2, 0.25) is 5.95 Å². The molecule has 0 radical (unpaired) electrons. The smallest absolute Gasteiger partial charge is 0.235 e. The van der Waals surface area contributed by atoms with Gasteiger partial charge in [-0.25, -0.2) is 9.97 Å². The van der Waals surface area contributed by atoms with Gasteiger partial charge in [0.05, 0.1) is 26.9 Å². The Morgan fingerprint density at radius 3 is 2.16 bits per heavy atom. The quantitative estimate of drug-likeness (QED) is 0.200. The Hall–Kier alpha value is -5.32. The molecule has 212 valence electrons. The van der Waals surface area contributed by atoms with Crippen molar-refractivity contribution in [3.8, 4) is 27.6 Å². The number of rotatable bonds is 2. The third-order valence-electron chi connectivity index (χ3n) is 9.78. The van der Waals surface area contributed by atoms with Crippen molar-refractivity contribution in [1.82, 2.24) is 14.5 Å². The summed E-state index contributed by atoms with van der Waals surface area (Å²) in [5.41, 5.74) is 9.41. The van der Waals surface area contributed by atoms with Crippen LogP contribution in [0.25, 0.3) is 81.2 Å². The van der Waals surface area contributed by atoms with E-state index in [1.807, 2.05) is 11.3 Å². The van der Waals surface area contributed by atoms with Gasteiger partial charge in [0.15, 0.2) is 0 Å². The fourth-order valence-corrected chi connectivity index (χ4v) is 9.30. The fraction of sp³-hybridized carbons (Fsp3) is 0.0732. The summed E-state index contributed by atoms with van der Waals surface area (Å²) in [6, 6.07) is 45.7. The minimum absolute atomic E-state index is 0.0820. The van der Waals surface area contributed by atoms with E-state index in [2.05, 4.69) is 146 Å². The third kappa shape index (κ3) is 3.29. The van der Waals surface area contributed by atoms with Crippen molar-refractivity contribution in [3.63, 3.8) is 0 Å². The zero-order valence-electron chi connectivity index (χ0n) is 24.9. The molecule has 0 saturated carbocycles. The second-order valence-electron chi connectivity index (χ2n) is 12.6. The van der Waals surface area contributed by atoms with Gasteiger partial charge in [-0.15, -0.1) is 11.3 Å². The van der Waals surface area contributed by atoms with Crippen LogP contribution in [-0.2, 0) is 5.41 Å². The van der Waals surface area contributed by atoms with E-state index in [4.69, 9.17) is 9.97 Å². The molecule has 6 aromatic carbocycles. The average Bonchev–Trinajstić information content (AvgIpc) is 3.71. The Bertz CT molecular complexity index is 2680. The summed E-state index contributed by atoms with van der Waals surface area (Å²) in [7, 11) is 0. The molecule has 1 aliphatic rings. The lowest BCUT2D eigenvalue weighted by atomic mass is 9.81. The lowest BCUT2D eigenvalue weighted by Crippen LogP contribution is -2.14. The molecule has 0 atom stereocenters. The second kappa shape index (κ2) is 8.87. The predicted molar refractivity (Wildman–Crippen MR) is 190 cm³/mol. The molecule has 0 aliphatic heterocycles. The normalized spacial score (nSPS) is 13.7. The van der Waals surface area contributed by atoms with Gasteiger partial charge in [-0.3, -0.25) is 4.57 Å². The molecular weight excluding hydrogens is 567 g/mol. The highest BCUT2D eigenvalue weighted by atomic mass is 32.1. The summed E-state index contributed by atoms with van der Waals surface area (Å²) in [6.07, 6.45) is 0. The van der Waals surface area contributed by atoms with Gasteiger partial charge in [0, 0.05) is 37.4 Å². The van der Waals surface area contributed by atoms with Crippen LogP contribution in [0.4, 0.5) is 0 Å². The van der Waals surface area contributed by atoms with E-state index in [9.17, 15) is 0 Å². The zero-order valence-corrected chi connectivity index (χ0v) is 25.7. The summed E-state index contributed by atoms with van der Waals surface area (Å²) in [5, 5.41) is 7.23. The largest absolute Gasteiger partial charge is 0.276 e. The Kier molecular flexibility index (Phi) is 4.94. The molecule has 1 aliphatic carbocycles. The van der Waals surface area contributed by atoms with Crippen LogP contribution in [0.2, 0.25) is 0 Å². The van der Waals surface area contributed by atoms with Crippen LogP contribution >= 0.6 is 11.3 Å². The van der Waals surface area contributed by atoms with E-state index in [0.717, 1.165) is 27.7 Å². The van der Waals surface area contributed by atoms with Crippen molar-refractivity contribution in [2.24, 2.45) is 0 Å². The number of para-hydroxylation sites is 1. The summed E-state index contributed by atoms with van der Waals surface area (Å²) in [6.45, 7) is 4.74. The number of aromatic nitrogens is 3. The van der Waals surface area contributed by atoms with Crippen LogP contribution < -0.4 is 0 Å². The van der Waals surface area contributed by atoms with Crippen molar-refractivity contribution in [2.75, 3.05) is 0 Å². The number of thiophene rings is 1. The molecule has 3 nitrogen and oxygen atoms in total. The molecule has 0 amide bonds. The summed E-state index contributed by atoms with van der Waals surface area (Å²) < 4.78 is 3.65. The molecule has 4 heteroatoms. The van der Waals surface area contributed by atoms with Crippen LogP contribution in [0.1, 0.15) is 25.0 Å². The SMILES string of the molecule is CC1(C)c2ccccc2-c2sc3c(ccc4c5ccc6ccccc6c5n(-c5nc(-c6ccccc6)c6ccccc6n5)c43)c21. The Labute approximate surface area is 264 Å². The molecule has 3 heterocycles. The Balaban J connectivity index is 1.41. The van der Waals surface area contributed by atoms with E-state index in [0.29, 0.717) is 5.95 Å². The first-order chi connectivity index (χ1) is 22.1. The highest BCUT2D eigenvalue weighted by Gasteiger charge is 2.39. The van der Waals surface area contributed by atoms with Crippen LogP contribution in [0, 0.1) is 0 Å². The maximum absolute atomic E-state index is 5.41. The van der Waals surface area contributed by atoms with E-state index in [1.54, 1.807) is 0 Å². The van der Waals surface area contributed by atoms with E-state index in [1.165, 1.54) is 58.7 Å². The first-order valence-corrected chi connectivity index (χ1v) is 16.3. The first kappa shape index (κ1) is 25.1. The van der Waals surface area contributed by atoms with Gasteiger partial charge in [-0.05, 0) is 33.5 Å². The highest BCUT2D eigenvalue weighted by Crippen LogP contribution is 2.57. The van der Waals surface area contributed by atoms with E-state index >= 15 is 0 Å². The topological polar surface area (TPSA) is 30.7 Å². The monoisotopic (exact) mass is 593 g/mol. The lowest BCUT2D eigenvalue weighted by Gasteiger charge is -2.21. The molecule has 9 aromatic rings. The molecule has 0 saturated heterocycles. The van der Waals surface area contributed by atoms with Gasteiger partial charge >= 0.3 is 0 Å². The van der Waals surface area contributed by atoms with E-state index in [-0.39, 0.29) is 5.41 Å². The minimum Gasteiger partial charge on any atom is -0.276 e. The average molecular weight is 594 g/mol. The summed E-state index contributed by atoms with van der Waals surface area (Å²) >= 11 is 1.92. The summed E-state index contributed by atoms with van der Waals surface area (Å²) in [4.78, 5) is 12.1. The fourth-order valence-electron chi connectivity index (χ4n) is 7.76. The molecule has 0 bridgehead atoms. The lowest BCUT2D eigenvalue weighted by molar-refractivity contribution is 0.667. The van der Waals surface area contributed by atoms with Crippen molar-refractivity contribution in [2.45, 2.75) is 19.3 Å². The van der Waals surface area contributed by atoms with Crippen LogP contribution in [0.15, 0.2) is 127 Å². The molecule has 0 unspecified atom stereocenters. The van der Waals surface area contributed by atoms with Gasteiger partial charge in [-0.1, -0.05) is 135 Å². The number of nitrogens with zero attached hydrogens (tertiary/aromatic N) is 3. The van der Waals surface area contributed by atoms with Crippen LogP contribution in [-0.4, -0.2) is 14.5 Å². The number of hydrogen-bond donors (Lipinski definition) is 0. The Morgan fingerprint density at radius 1 is 0.578 bits per heavy atom. The molecule has 0 N–H and O–H groups in total. The minimum atomic E-state index is -0.0820. The highest BCUT2D eigenvalue weighted by molar-refractivity contribution is 7.23. The van der Waals surface area contributed by atoms with Crippen LogP contribution in [0.5, 0.6) is 0 Å². The number of hydrogen-bond acceptors (Lipinski definition) is 3. The molecule has 45 heavy (non-hydrogen) atoms. The van der Waals surface area contributed by atoms with Crippen molar-refractivity contribution in [3.05, 3.63) is 139 Å². The number of fused-ring (bicyclic) bond motifs is 12. The van der Waals surface area contributed by atoms with E-state index < -0.39 is 0 Å². The standard InChI is InChI=1S/C41H27N3S/c1-41(2)32-18-10-8-16-29(32)38-34(41)31-23-22-28-27-21-20-24-12-6-7-15-26(24)36(27)44(37(28)39(31)45-38)40-42-33-19-11-9-17-30(33)35(43-40)25-13-4-3-5-14-25/h3-23H,1-2H3. The molecule has 0 spiro atoms. The summed E-state index contributed by atoms with van der Waals surface area (Å²) in [5.74, 6) is 0.699. The van der Waals surface area contributed by atoms with Crippen LogP contribution in [0.3, 0.4) is 0 Å². The Morgan fingerprint density at radius 2 is 1.27 bits per heavy atom. The zero-order chi connectivity index (χ0) is 29.9. The maximum atomic E-state index is 5.41. The van der Waals surface area contributed by atoms with Gasteiger partial charge in [0.25, 0.3) is 0 Å². The van der Waals surface area contributed by atoms with Crippen molar-refractivity contribution in [1.29, 1.82) is 0 Å². The van der Waals surface area contributed by atoms with Crippen molar-refractivity contribution < 1.29 is 0 Å². The molecule has 3 aromatic heterocycles. The molecular formula is C41H27N3S. The van der Waals surface area contributed by atoms with Gasteiger partial charge in [0.1, 0.15) is 0 Å². The molecule has 10 rings (SSSR count). The molecule has 0 fully saturated rings. The van der Waals surface area contributed by atoms with Gasteiger partial charge < -0.3 is 0 Å². The van der Waals surface area contributed by atoms with Crippen molar-refractivity contribution >= 4 is 64.9 Å². The third-order valence-corrected chi connectivity index (χ3v) is 11.0. The maximum Gasteiger partial charge on any atom is 0.235 e. The van der Waals surface area contributed by atoms with Gasteiger partial charge in [-0.2, -0.15) is 0 Å². The number of benzene rings is 6. The first-order valence-electron chi connectivity index (χ1n) is 15.4. The predicted octanol–water partition coefficient (Wildman–Crippen LogP) is 11.1. The second-order valence-corrected chi connectivity index (χ2v) is 13.6.